The molecule has 3 rings (SSSR count). The molecule has 0 bridgehead atoms. The van der Waals surface area contributed by atoms with Crippen molar-refractivity contribution >= 4 is 5.91 Å². The van der Waals surface area contributed by atoms with Crippen LogP contribution >= 0.6 is 0 Å². The van der Waals surface area contributed by atoms with Gasteiger partial charge >= 0.3 is 0 Å². The van der Waals surface area contributed by atoms with E-state index in [1.807, 2.05) is 36.4 Å². The number of hydrogen-bond acceptors (Lipinski definition) is 3. The quantitative estimate of drug-likeness (QED) is 0.870. The summed E-state index contributed by atoms with van der Waals surface area (Å²) in [5.74, 6) is -0.0996. The van der Waals surface area contributed by atoms with E-state index in [1.165, 1.54) is 5.56 Å². The molecule has 3 unspecified atom stereocenters. The third-order valence-electron chi connectivity index (χ3n) is 5.42. The molecule has 0 radical (unpaired) electrons. The standard InChI is InChI=1S/C22H29N3O/c1-17-15-20(13-14-25(17)16-18-9-5-3-6-10-18)24-21(26)22(2,23)19-11-7-4-8-12-19/h3-12,17,20H,13-16,23H2,1-2H3,(H,24,26). The number of piperidine rings is 1. The van der Waals surface area contributed by atoms with Crippen LogP contribution in [0.5, 0.6) is 0 Å². The lowest BCUT2D eigenvalue weighted by Crippen LogP contribution is -2.55. The SMILES string of the molecule is CC1CC(NC(=O)C(C)(N)c2ccccc2)CCN1Cc1ccccc1. The normalized spacial score (nSPS) is 23.2. The number of benzene rings is 2. The van der Waals surface area contributed by atoms with Crippen molar-refractivity contribution in [3.63, 3.8) is 0 Å². The van der Waals surface area contributed by atoms with Gasteiger partial charge in [-0.3, -0.25) is 9.69 Å². The number of nitrogens with two attached hydrogens (primary N) is 1. The summed E-state index contributed by atoms with van der Waals surface area (Å²) in [5.41, 5.74) is 7.51. The van der Waals surface area contributed by atoms with Gasteiger partial charge in [0.15, 0.2) is 0 Å². The molecule has 0 saturated carbocycles. The second-order valence-electron chi connectivity index (χ2n) is 7.57. The molecule has 3 atom stereocenters. The van der Waals surface area contributed by atoms with E-state index in [4.69, 9.17) is 5.73 Å². The first-order valence-electron chi connectivity index (χ1n) is 9.40. The molecule has 1 aliphatic heterocycles. The van der Waals surface area contributed by atoms with Crippen LogP contribution in [0, 0.1) is 0 Å². The topological polar surface area (TPSA) is 58.4 Å². The third-order valence-corrected chi connectivity index (χ3v) is 5.42. The van der Waals surface area contributed by atoms with Gasteiger partial charge in [-0.2, -0.15) is 0 Å². The number of nitrogens with one attached hydrogen (secondary N) is 1. The molecule has 0 aromatic heterocycles. The van der Waals surface area contributed by atoms with Crippen LogP contribution in [0.2, 0.25) is 0 Å². The minimum atomic E-state index is -1.01. The summed E-state index contributed by atoms with van der Waals surface area (Å²) in [5, 5.41) is 3.18. The van der Waals surface area contributed by atoms with E-state index >= 15 is 0 Å². The van der Waals surface area contributed by atoms with Gasteiger partial charge in [0.2, 0.25) is 5.91 Å². The average Bonchev–Trinajstić information content (AvgIpc) is 2.65. The van der Waals surface area contributed by atoms with Crippen molar-refractivity contribution < 1.29 is 4.79 Å². The third kappa shape index (κ3) is 4.32. The number of carbonyl (C=O) groups is 1. The molecule has 4 heteroatoms. The Kier molecular flexibility index (Phi) is 5.74. The maximum atomic E-state index is 12.8. The molecule has 3 N–H and O–H groups in total. The molecule has 26 heavy (non-hydrogen) atoms. The van der Waals surface area contributed by atoms with E-state index in [9.17, 15) is 4.79 Å². The molecule has 4 nitrogen and oxygen atoms in total. The maximum absolute atomic E-state index is 12.8. The molecular formula is C22H29N3O. The van der Waals surface area contributed by atoms with E-state index in [0.717, 1.165) is 31.5 Å². The largest absolute Gasteiger partial charge is 0.351 e. The summed E-state index contributed by atoms with van der Waals surface area (Å²) in [7, 11) is 0. The lowest BCUT2D eigenvalue weighted by atomic mass is 9.90. The van der Waals surface area contributed by atoms with Crippen molar-refractivity contribution in [3.05, 3.63) is 71.8 Å². The zero-order valence-electron chi connectivity index (χ0n) is 15.7. The second-order valence-corrected chi connectivity index (χ2v) is 7.57. The highest BCUT2D eigenvalue weighted by atomic mass is 16.2. The van der Waals surface area contributed by atoms with Crippen LogP contribution in [0.3, 0.4) is 0 Å². The average molecular weight is 351 g/mol. The van der Waals surface area contributed by atoms with Crippen LogP contribution < -0.4 is 11.1 Å². The van der Waals surface area contributed by atoms with Gasteiger partial charge in [0.25, 0.3) is 0 Å². The fourth-order valence-corrected chi connectivity index (χ4v) is 3.66. The smallest absolute Gasteiger partial charge is 0.244 e. The summed E-state index contributed by atoms with van der Waals surface area (Å²) < 4.78 is 0. The highest BCUT2D eigenvalue weighted by Gasteiger charge is 2.34. The molecule has 138 valence electrons. The Morgan fingerprint density at radius 2 is 1.77 bits per heavy atom. The van der Waals surface area contributed by atoms with E-state index in [1.54, 1.807) is 6.92 Å². The van der Waals surface area contributed by atoms with Crippen molar-refractivity contribution in [2.75, 3.05) is 6.54 Å². The molecule has 1 heterocycles. The number of carbonyl (C=O) groups excluding carboxylic acids is 1. The van der Waals surface area contributed by atoms with Crippen molar-refractivity contribution in [1.29, 1.82) is 0 Å². The highest BCUT2D eigenvalue weighted by molar-refractivity contribution is 5.87. The fraction of sp³-hybridized carbons (Fsp3) is 0.409. The van der Waals surface area contributed by atoms with Gasteiger partial charge in [-0.15, -0.1) is 0 Å². The van der Waals surface area contributed by atoms with Gasteiger partial charge < -0.3 is 11.1 Å². The van der Waals surface area contributed by atoms with Crippen LogP contribution in [-0.2, 0) is 16.9 Å². The monoisotopic (exact) mass is 351 g/mol. The summed E-state index contributed by atoms with van der Waals surface area (Å²) in [6.45, 7) is 5.96. The molecular weight excluding hydrogens is 322 g/mol. The minimum absolute atomic E-state index is 0.0996. The van der Waals surface area contributed by atoms with Crippen LogP contribution in [0.1, 0.15) is 37.8 Å². The number of likely N-dealkylation sites (tertiary alicyclic amines) is 1. The second kappa shape index (κ2) is 8.02. The van der Waals surface area contributed by atoms with E-state index < -0.39 is 5.54 Å². The summed E-state index contributed by atoms with van der Waals surface area (Å²) >= 11 is 0. The predicted molar refractivity (Wildman–Crippen MR) is 105 cm³/mol. The molecule has 0 spiro atoms. The van der Waals surface area contributed by atoms with Crippen molar-refractivity contribution in [2.24, 2.45) is 5.73 Å². The summed E-state index contributed by atoms with van der Waals surface area (Å²) in [4.78, 5) is 15.2. The molecule has 1 aliphatic rings. The Morgan fingerprint density at radius 1 is 1.15 bits per heavy atom. The fourth-order valence-electron chi connectivity index (χ4n) is 3.66. The van der Waals surface area contributed by atoms with Crippen LogP contribution in [0.15, 0.2) is 60.7 Å². The first-order chi connectivity index (χ1) is 12.5. The van der Waals surface area contributed by atoms with Crippen molar-refractivity contribution in [2.45, 2.75) is 50.9 Å². The Hall–Kier alpha value is -2.17. The Labute approximate surface area is 156 Å². The molecule has 2 aromatic rings. The van der Waals surface area contributed by atoms with Gasteiger partial charge in [0, 0.05) is 25.2 Å². The van der Waals surface area contributed by atoms with E-state index in [-0.39, 0.29) is 11.9 Å². The zero-order chi connectivity index (χ0) is 18.6. The molecule has 0 aliphatic carbocycles. The van der Waals surface area contributed by atoms with Gasteiger partial charge in [-0.25, -0.2) is 0 Å². The summed E-state index contributed by atoms with van der Waals surface area (Å²) in [6, 6.07) is 20.7. The van der Waals surface area contributed by atoms with E-state index in [2.05, 4.69) is 41.4 Å². The Bertz CT molecular complexity index is 715. The predicted octanol–water partition coefficient (Wildman–Crippen LogP) is 3.03. The van der Waals surface area contributed by atoms with Crippen molar-refractivity contribution in [3.8, 4) is 0 Å². The number of rotatable bonds is 5. The Balaban J connectivity index is 1.56. The maximum Gasteiger partial charge on any atom is 0.244 e. The van der Waals surface area contributed by atoms with Crippen molar-refractivity contribution in [1.82, 2.24) is 10.2 Å². The Morgan fingerprint density at radius 3 is 2.38 bits per heavy atom. The molecule has 1 amide bonds. The van der Waals surface area contributed by atoms with E-state index in [0.29, 0.717) is 6.04 Å². The zero-order valence-corrected chi connectivity index (χ0v) is 15.7. The number of nitrogens with zero attached hydrogens (tertiary/aromatic N) is 1. The van der Waals surface area contributed by atoms with Gasteiger partial charge in [-0.05, 0) is 37.8 Å². The van der Waals surface area contributed by atoms with Crippen LogP contribution in [0.4, 0.5) is 0 Å². The lowest BCUT2D eigenvalue weighted by Gasteiger charge is -2.39. The van der Waals surface area contributed by atoms with Crippen LogP contribution in [0.25, 0.3) is 0 Å². The summed E-state index contributed by atoms with van der Waals surface area (Å²) in [6.07, 6.45) is 1.90. The first-order valence-corrected chi connectivity index (χ1v) is 9.40. The highest BCUT2D eigenvalue weighted by Crippen LogP contribution is 2.22. The lowest BCUT2D eigenvalue weighted by molar-refractivity contribution is -0.127. The minimum Gasteiger partial charge on any atom is -0.351 e. The first kappa shape index (κ1) is 18.6. The molecule has 2 aromatic carbocycles. The van der Waals surface area contributed by atoms with Gasteiger partial charge in [0.1, 0.15) is 5.54 Å². The number of amides is 1. The van der Waals surface area contributed by atoms with Crippen LogP contribution in [-0.4, -0.2) is 29.4 Å². The molecule has 1 fully saturated rings. The molecule has 1 saturated heterocycles. The van der Waals surface area contributed by atoms with Gasteiger partial charge in [0.05, 0.1) is 0 Å². The number of hydrogen-bond donors (Lipinski definition) is 2. The van der Waals surface area contributed by atoms with Gasteiger partial charge in [-0.1, -0.05) is 60.7 Å².